The Morgan fingerprint density at radius 3 is 2.40 bits per heavy atom. The lowest BCUT2D eigenvalue weighted by Gasteiger charge is -2.36. The van der Waals surface area contributed by atoms with Gasteiger partial charge in [0.25, 0.3) is 5.56 Å². The highest BCUT2D eigenvalue weighted by molar-refractivity contribution is 6.30. The van der Waals surface area contributed by atoms with Gasteiger partial charge in [0, 0.05) is 59.9 Å². The second-order valence-corrected chi connectivity index (χ2v) is 8.99. The summed E-state index contributed by atoms with van der Waals surface area (Å²) in [7, 11) is 0. The number of piperazine rings is 1. The monoisotopic (exact) mass is 421 g/mol. The molecule has 1 aromatic heterocycles. The van der Waals surface area contributed by atoms with Gasteiger partial charge in [0.05, 0.1) is 0 Å². The van der Waals surface area contributed by atoms with Crippen molar-refractivity contribution in [2.45, 2.75) is 32.1 Å². The zero-order valence-corrected chi connectivity index (χ0v) is 18.0. The molecule has 0 atom stereocenters. The van der Waals surface area contributed by atoms with E-state index in [-0.39, 0.29) is 5.56 Å². The van der Waals surface area contributed by atoms with E-state index >= 15 is 0 Å². The first-order valence-corrected chi connectivity index (χ1v) is 11.4. The van der Waals surface area contributed by atoms with E-state index in [0.29, 0.717) is 0 Å². The number of halogens is 1. The van der Waals surface area contributed by atoms with Crippen molar-refractivity contribution in [3.8, 4) is 0 Å². The molecule has 2 aromatic carbocycles. The number of aromatic amines is 1. The molecule has 0 amide bonds. The zero-order valence-electron chi connectivity index (χ0n) is 17.3. The average molecular weight is 422 g/mol. The lowest BCUT2D eigenvalue weighted by atomic mass is 9.89. The summed E-state index contributed by atoms with van der Waals surface area (Å²) in [5, 5.41) is 2.03. The molecule has 1 fully saturated rings. The fourth-order valence-electron chi connectivity index (χ4n) is 4.93. The van der Waals surface area contributed by atoms with Crippen LogP contribution in [0.3, 0.4) is 0 Å². The van der Waals surface area contributed by atoms with Gasteiger partial charge in [0.15, 0.2) is 0 Å². The van der Waals surface area contributed by atoms with Crippen LogP contribution in [0.5, 0.6) is 0 Å². The normalized spacial score (nSPS) is 17.3. The Balaban J connectivity index is 1.23. The van der Waals surface area contributed by atoms with Crippen molar-refractivity contribution in [1.82, 2.24) is 9.88 Å². The van der Waals surface area contributed by atoms with Crippen molar-refractivity contribution in [2.75, 3.05) is 37.6 Å². The van der Waals surface area contributed by atoms with Crippen LogP contribution < -0.4 is 10.5 Å². The molecule has 5 rings (SSSR count). The molecule has 3 aromatic rings. The lowest BCUT2D eigenvalue weighted by Crippen LogP contribution is -2.46. The smallest absolute Gasteiger partial charge is 0.251 e. The van der Waals surface area contributed by atoms with Gasteiger partial charge in [0.2, 0.25) is 0 Å². The fourth-order valence-corrected chi connectivity index (χ4v) is 5.06. The van der Waals surface area contributed by atoms with Crippen molar-refractivity contribution < 1.29 is 0 Å². The molecule has 0 radical (unpaired) electrons. The van der Waals surface area contributed by atoms with Gasteiger partial charge in [-0.25, -0.2) is 0 Å². The maximum atomic E-state index is 12.5. The Hall–Kier alpha value is -2.30. The first-order valence-electron chi connectivity index (χ1n) is 11.1. The average Bonchev–Trinajstić information content (AvgIpc) is 2.79. The van der Waals surface area contributed by atoms with Gasteiger partial charge in [-0.2, -0.15) is 0 Å². The Kier molecular flexibility index (Phi) is 5.53. The minimum Gasteiger partial charge on any atom is -0.369 e. The summed E-state index contributed by atoms with van der Waals surface area (Å²) >= 11 is 6.01. The third-order valence-electron chi connectivity index (χ3n) is 6.68. The summed E-state index contributed by atoms with van der Waals surface area (Å²) in [4.78, 5) is 20.6. The Morgan fingerprint density at radius 1 is 0.900 bits per heavy atom. The standard InChI is InChI=1S/C25H28ClN3O/c26-19-6-8-20(9-7-19)29-15-13-28(14-16-29)12-11-18-5-10-22-21-3-1-2-4-23(21)25(30)27-24(22)17-18/h5-10,17H,1-4,11-16H2,(H,27,30). The van der Waals surface area contributed by atoms with Crippen LogP contribution in [-0.2, 0) is 19.3 Å². The first-order chi connectivity index (χ1) is 14.7. The van der Waals surface area contributed by atoms with E-state index in [0.717, 1.165) is 74.5 Å². The molecule has 4 nitrogen and oxygen atoms in total. The number of hydrogen-bond acceptors (Lipinski definition) is 3. The summed E-state index contributed by atoms with van der Waals surface area (Å²) in [6, 6.07) is 14.8. The first kappa shape index (κ1) is 19.7. The van der Waals surface area contributed by atoms with Gasteiger partial charge >= 0.3 is 0 Å². The molecule has 1 aliphatic heterocycles. The second kappa shape index (κ2) is 8.44. The minimum atomic E-state index is 0.118. The molecule has 0 unspecified atom stereocenters. The van der Waals surface area contributed by atoms with E-state index in [1.807, 2.05) is 12.1 Å². The van der Waals surface area contributed by atoms with E-state index in [2.05, 4.69) is 45.1 Å². The van der Waals surface area contributed by atoms with Crippen LogP contribution in [0.4, 0.5) is 5.69 Å². The number of nitrogens with zero attached hydrogens (tertiary/aromatic N) is 2. The third kappa shape index (κ3) is 3.99. The van der Waals surface area contributed by atoms with Gasteiger partial charge < -0.3 is 9.88 Å². The molecule has 0 bridgehead atoms. The molecule has 2 heterocycles. The molecule has 1 aliphatic carbocycles. The number of nitrogens with one attached hydrogen (secondary N) is 1. The van der Waals surface area contributed by atoms with Crippen molar-refractivity contribution in [3.63, 3.8) is 0 Å². The molecular weight excluding hydrogens is 394 g/mol. The van der Waals surface area contributed by atoms with Crippen molar-refractivity contribution in [3.05, 3.63) is 74.5 Å². The van der Waals surface area contributed by atoms with Crippen LogP contribution in [0.1, 0.15) is 29.5 Å². The van der Waals surface area contributed by atoms with E-state index in [1.54, 1.807) is 0 Å². The van der Waals surface area contributed by atoms with Gasteiger partial charge in [-0.3, -0.25) is 9.69 Å². The van der Waals surface area contributed by atoms with Gasteiger partial charge in [0.1, 0.15) is 0 Å². The molecule has 0 spiro atoms. The Labute approximate surface area is 182 Å². The Bertz CT molecular complexity index is 1100. The maximum absolute atomic E-state index is 12.5. The number of H-pyrrole nitrogens is 1. The number of pyridine rings is 1. The zero-order chi connectivity index (χ0) is 20.5. The second-order valence-electron chi connectivity index (χ2n) is 8.55. The molecule has 30 heavy (non-hydrogen) atoms. The van der Waals surface area contributed by atoms with Crippen LogP contribution in [0.25, 0.3) is 10.9 Å². The van der Waals surface area contributed by atoms with Gasteiger partial charge in [-0.1, -0.05) is 23.7 Å². The quantitative estimate of drug-likeness (QED) is 0.677. The number of benzene rings is 2. The van der Waals surface area contributed by atoms with Crippen LogP contribution >= 0.6 is 11.6 Å². The number of aryl methyl sites for hydroxylation is 1. The third-order valence-corrected chi connectivity index (χ3v) is 6.93. The van der Waals surface area contributed by atoms with Crippen molar-refractivity contribution >= 4 is 28.2 Å². The number of hydrogen-bond donors (Lipinski definition) is 1. The van der Waals surface area contributed by atoms with E-state index in [4.69, 9.17) is 11.6 Å². The highest BCUT2D eigenvalue weighted by atomic mass is 35.5. The highest BCUT2D eigenvalue weighted by Crippen LogP contribution is 2.26. The number of anilines is 1. The highest BCUT2D eigenvalue weighted by Gasteiger charge is 2.18. The predicted molar refractivity (Wildman–Crippen MR) is 125 cm³/mol. The summed E-state index contributed by atoms with van der Waals surface area (Å²) in [5.74, 6) is 0. The molecule has 2 aliphatic rings. The molecule has 5 heteroatoms. The Morgan fingerprint density at radius 2 is 1.63 bits per heavy atom. The molecule has 1 N–H and O–H groups in total. The SMILES string of the molecule is O=c1[nH]c2cc(CCN3CCN(c4ccc(Cl)cc4)CC3)ccc2c2c1CCCC2. The van der Waals surface area contributed by atoms with Crippen LogP contribution in [0.15, 0.2) is 47.3 Å². The van der Waals surface area contributed by atoms with Gasteiger partial charge in [-0.15, -0.1) is 0 Å². The molecular formula is C25H28ClN3O. The number of aromatic nitrogens is 1. The predicted octanol–water partition coefficient (Wildman–Crippen LogP) is 4.43. The van der Waals surface area contributed by atoms with Crippen LogP contribution in [0, 0.1) is 0 Å². The van der Waals surface area contributed by atoms with Crippen molar-refractivity contribution in [1.29, 1.82) is 0 Å². The number of rotatable bonds is 4. The topological polar surface area (TPSA) is 39.3 Å². The molecule has 1 saturated heterocycles. The summed E-state index contributed by atoms with van der Waals surface area (Å²) in [5.41, 5.74) is 5.97. The van der Waals surface area contributed by atoms with Crippen molar-refractivity contribution in [2.24, 2.45) is 0 Å². The summed E-state index contributed by atoms with van der Waals surface area (Å²) in [6.07, 6.45) is 5.29. The summed E-state index contributed by atoms with van der Waals surface area (Å²) < 4.78 is 0. The van der Waals surface area contributed by atoms with E-state index in [9.17, 15) is 4.79 Å². The maximum Gasteiger partial charge on any atom is 0.251 e. The number of fused-ring (bicyclic) bond motifs is 3. The minimum absolute atomic E-state index is 0.118. The largest absolute Gasteiger partial charge is 0.369 e. The van der Waals surface area contributed by atoms with Crippen LogP contribution in [0.2, 0.25) is 5.02 Å². The lowest BCUT2D eigenvalue weighted by molar-refractivity contribution is 0.261. The molecule has 156 valence electrons. The van der Waals surface area contributed by atoms with Gasteiger partial charge in [-0.05, 0) is 73.6 Å². The van der Waals surface area contributed by atoms with Crippen LogP contribution in [-0.4, -0.2) is 42.6 Å². The fraction of sp³-hybridized carbons (Fsp3) is 0.400. The molecule has 0 saturated carbocycles. The van der Waals surface area contributed by atoms with E-state index in [1.165, 1.54) is 28.6 Å². The summed E-state index contributed by atoms with van der Waals surface area (Å²) in [6.45, 7) is 5.27. The van der Waals surface area contributed by atoms with E-state index < -0.39 is 0 Å².